The molecule has 0 N–H and O–H groups in total. The van der Waals surface area contributed by atoms with E-state index in [1.807, 2.05) is 34.1 Å². The molecule has 0 spiro atoms. The van der Waals surface area contributed by atoms with Gasteiger partial charge in [0.15, 0.2) is 0 Å². The van der Waals surface area contributed by atoms with Crippen LogP contribution in [0.1, 0.15) is 5.56 Å². The molecule has 0 aliphatic rings. The fourth-order valence-electron chi connectivity index (χ4n) is 2.14. The van der Waals surface area contributed by atoms with Crippen molar-refractivity contribution in [3.8, 4) is 0 Å². The summed E-state index contributed by atoms with van der Waals surface area (Å²) in [6.45, 7) is 3.77. The van der Waals surface area contributed by atoms with Gasteiger partial charge >= 0.3 is 0 Å². The van der Waals surface area contributed by atoms with Gasteiger partial charge in [-0.2, -0.15) is 0 Å². The van der Waals surface area contributed by atoms with E-state index in [2.05, 4.69) is 14.8 Å². The van der Waals surface area contributed by atoms with Crippen molar-refractivity contribution < 1.29 is 4.92 Å². The number of rotatable bonds is 5. The molecule has 1 aromatic heterocycles. The summed E-state index contributed by atoms with van der Waals surface area (Å²) in [4.78, 5) is 19.3. The number of likely N-dealkylation sites (N-methyl/N-ethyl adjacent to an activating group) is 2. The Kier molecular flexibility index (Phi) is 4.37. The minimum atomic E-state index is -0.379. The number of aryl methyl sites for hydroxylation is 1. The van der Waals surface area contributed by atoms with E-state index in [0.29, 0.717) is 0 Å². The van der Waals surface area contributed by atoms with Crippen molar-refractivity contribution in [3.63, 3.8) is 0 Å². The Labute approximate surface area is 124 Å². The summed E-state index contributed by atoms with van der Waals surface area (Å²) < 4.78 is 0. The van der Waals surface area contributed by atoms with Crippen LogP contribution in [0.25, 0.3) is 10.9 Å². The van der Waals surface area contributed by atoms with Crippen LogP contribution in [-0.2, 0) is 0 Å². The lowest BCUT2D eigenvalue weighted by atomic mass is 10.1. The molecule has 0 saturated carbocycles. The van der Waals surface area contributed by atoms with Gasteiger partial charge in [-0.05, 0) is 38.7 Å². The van der Waals surface area contributed by atoms with E-state index in [-0.39, 0.29) is 10.6 Å². The fourth-order valence-corrected chi connectivity index (χ4v) is 2.14. The molecule has 0 unspecified atom stereocenters. The minimum absolute atomic E-state index is 0.0983. The van der Waals surface area contributed by atoms with Crippen LogP contribution in [0.4, 0.5) is 11.5 Å². The maximum absolute atomic E-state index is 10.9. The molecular formula is C15H20N4O2. The highest BCUT2D eigenvalue weighted by molar-refractivity contribution is 5.86. The summed E-state index contributed by atoms with van der Waals surface area (Å²) in [6, 6.07) is 6.77. The van der Waals surface area contributed by atoms with Gasteiger partial charge in [-0.25, -0.2) is 4.98 Å². The van der Waals surface area contributed by atoms with Gasteiger partial charge in [-0.15, -0.1) is 0 Å². The number of benzene rings is 1. The van der Waals surface area contributed by atoms with E-state index in [9.17, 15) is 10.1 Å². The van der Waals surface area contributed by atoms with Gasteiger partial charge in [0.1, 0.15) is 5.82 Å². The normalized spacial score (nSPS) is 11.1. The van der Waals surface area contributed by atoms with Gasteiger partial charge in [0.25, 0.3) is 5.69 Å². The second-order valence-corrected chi connectivity index (χ2v) is 5.48. The van der Waals surface area contributed by atoms with Crippen LogP contribution in [0, 0.1) is 17.0 Å². The van der Waals surface area contributed by atoms with Crippen molar-refractivity contribution in [2.24, 2.45) is 0 Å². The minimum Gasteiger partial charge on any atom is -0.358 e. The maximum Gasteiger partial charge on any atom is 0.270 e. The van der Waals surface area contributed by atoms with Crippen LogP contribution in [0.2, 0.25) is 0 Å². The van der Waals surface area contributed by atoms with E-state index in [1.165, 1.54) is 6.07 Å². The number of pyridine rings is 1. The Morgan fingerprint density at radius 1 is 1.19 bits per heavy atom. The van der Waals surface area contributed by atoms with Crippen molar-refractivity contribution in [1.29, 1.82) is 0 Å². The highest BCUT2D eigenvalue weighted by atomic mass is 16.6. The molecule has 6 heteroatoms. The number of non-ortho nitro benzene ring substituents is 1. The van der Waals surface area contributed by atoms with Crippen molar-refractivity contribution >= 4 is 22.4 Å². The van der Waals surface area contributed by atoms with Crippen LogP contribution < -0.4 is 4.90 Å². The number of aromatic nitrogens is 1. The van der Waals surface area contributed by atoms with E-state index in [1.54, 1.807) is 12.1 Å². The highest BCUT2D eigenvalue weighted by Gasteiger charge is 2.11. The Bertz CT molecular complexity index is 670. The largest absolute Gasteiger partial charge is 0.358 e. The van der Waals surface area contributed by atoms with Crippen molar-refractivity contribution in [2.45, 2.75) is 6.92 Å². The predicted octanol–water partition coefficient (Wildman–Crippen LogP) is 2.45. The molecular weight excluding hydrogens is 268 g/mol. The Morgan fingerprint density at radius 2 is 1.90 bits per heavy atom. The van der Waals surface area contributed by atoms with E-state index in [0.717, 1.165) is 35.4 Å². The molecule has 0 bridgehead atoms. The lowest BCUT2D eigenvalue weighted by molar-refractivity contribution is -0.384. The van der Waals surface area contributed by atoms with Crippen molar-refractivity contribution in [2.75, 3.05) is 39.1 Å². The van der Waals surface area contributed by atoms with Gasteiger partial charge in [0.2, 0.25) is 0 Å². The zero-order valence-electron chi connectivity index (χ0n) is 12.8. The molecule has 0 saturated heterocycles. The van der Waals surface area contributed by atoms with E-state index < -0.39 is 0 Å². The van der Waals surface area contributed by atoms with Crippen molar-refractivity contribution in [3.05, 3.63) is 39.9 Å². The van der Waals surface area contributed by atoms with Gasteiger partial charge in [-0.1, -0.05) is 0 Å². The van der Waals surface area contributed by atoms with Gasteiger partial charge in [0, 0.05) is 37.7 Å². The molecule has 0 radical (unpaired) electrons. The van der Waals surface area contributed by atoms with Crippen LogP contribution in [0.3, 0.4) is 0 Å². The number of nitrogens with zero attached hydrogens (tertiary/aromatic N) is 4. The first-order chi connectivity index (χ1) is 9.88. The number of fused-ring (bicyclic) bond motifs is 1. The van der Waals surface area contributed by atoms with Crippen molar-refractivity contribution in [1.82, 2.24) is 9.88 Å². The molecule has 21 heavy (non-hydrogen) atoms. The second kappa shape index (κ2) is 6.05. The van der Waals surface area contributed by atoms with Crippen LogP contribution >= 0.6 is 0 Å². The van der Waals surface area contributed by atoms with Gasteiger partial charge < -0.3 is 9.80 Å². The summed E-state index contributed by atoms with van der Waals surface area (Å²) in [6.07, 6.45) is 0. The Balaban J connectivity index is 2.36. The summed E-state index contributed by atoms with van der Waals surface area (Å²) in [7, 11) is 6.07. The summed E-state index contributed by atoms with van der Waals surface area (Å²) >= 11 is 0. The highest BCUT2D eigenvalue weighted by Crippen LogP contribution is 2.25. The molecule has 0 fully saturated rings. The third-order valence-corrected chi connectivity index (χ3v) is 3.47. The average Bonchev–Trinajstić information content (AvgIpc) is 2.44. The Morgan fingerprint density at radius 3 is 2.52 bits per heavy atom. The smallest absolute Gasteiger partial charge is 0.270 e. The number of anilines is 1. The predicted molar refractivity (Wildman–Crippen MR) is 85.0 cm³/mol. The molecule has 0 aliphatic carbocycles. The van der Waals surface area contributed by atoms with E-state index in [4.69, 9.17) is 0 Å². The average molecular weight is 288 g/mol. The first-order valence-electron chi connectivity index (χ1n) is 6.80. The first kappa shape index (κ1) is 15.2. The molecule has 2 aromatic rings. The maximum atomic E-state index is 10.9. The summed E-state index contributed by atoms with van der Waals surface area (Å²) in [5, 5.41) is 11.7. The molecule has 2 rings (SSSR count). The number of hydrogen-bond donors (Lipinski definition) is 0. The number of nitro benzene ring substituents is 1. The molecule has 0 aliphatic heterocycles. The molecule has 0 atom stereocenters. The third kappa shape index (κ3) is 3.46. The SMILES string of the molecule is Cc1cc(N(C)CCN(C)C)nc2ccc([N+](=O)[O-])cc12. The lowest BCUT2D eigenvalue weighted by Gasteiger charge is -2.21. The van der Waals surface area contributed by atoms with Crippen LogP contribution in [0.5, 0.6) is 0 Å². The zero-order chi connectivity index (χ0) is 15.6. The van der Waals surface area contributed by atoms with Gasteiger partial charge in [-0.3, -0.25) is 10.1 Å². The molecule has 112 valence electrons. The number of hydrogen-bond acceptors (Lipinski definition) is 5. The molecule has 1 heterocycles. The summed E-state index contributed by atoms with van der Waals surface area (Å²) in [5.41, 5.74) is 1.88. The first-order valence-corrected chi connectivity index (χ1v) is 6.80. The molecule has 1 aromatic carbocycles. The second-order valence-electron chi connectivity index (χ2n) is 5.48. The monoisotopic (exact) mass is 288 g/mol. The standard InChI is InChI=1S/C15H20N4O2/c1-11-9-15(18(4)8-7-17(2)3)16-14-6-5-12(19(20)21)10-13(11)14/h5-6,9-10H,7-8H2,1-4H3. The third-order valence-electron chi connectivity index (χ3n) is 3.47. The zero-order valence-corrected chi connectivity index (χ0v) is 12.8. The Hall–Kier alpha value is -2.21. The van der Waals surface area contributed by atoms with Crippen LogP contribution in [0.15, 0.2) is 24.3 Å². The fraction of sp³-hybridized carbons (Fsp3) is 0.400. The topological polar surface area (TPSA) is 62.5 Å². The molecule has 6 nitrogen and oxygen atoms in total. The van der Waals surface area contributed by atoms with Gasteiger partial charge in [0.05, 0.1) is 10.4 Å². The van der Waals surface area contributed by atoms with Crippen LogP contribution in [-0.4, -0.2) is 49.0 Å². The lowest BCUT2D eigenvalue weighted by Crippen LogP contribution is -2.29. The number of nitro groups is 1. The molecule has 0 amide bonds. The quantitative estimate of drug-likeness (QED) is 0.624. The summed E-state index contributed by atoms with van der Waals surface area (Å²) in [5.74, 6) is 0.885. The van der Waals surface area contributed by atoms with E-state index >= 15 is 0 Å².